The third kappa shape index (κ3) is 2.40. The fourth-order valence-electron chi connectivity index (χ4n) is 2.01. The molecule has 0 unspecified atom stereocenters. The highest BCUT2D eigenvalue weighted by Gasteiger charge is 2.42. The van der Waals surface area contributed by atoms with Crippen LogP contribution in [0.4, 0.5) is 5.69 Å². The lowest BCUT2D eigenvalue weighted by Crippen LogP contribution is -2.15. The molecular weight excluding hydrogens is 210 g/mol. The van der Waals surface area contributed by atoms with E-state index in [2.05, 4.69) is 17.5 Å². The Labute approximate surface area is 102 Å². The molecule has 1 aliphatic rings. The number of aryl methyl sites for hydroxylation is 1. The minimum Gasteiger partial charge on any atom is -0.383 e. The van der Waals surface area contributed by atoms with E-state index < -0.39 is 0 Å². The van der Waals surface area contributed by atoms with Gasteiger partial charge in [-0.2, -0.15) is 10.5 Å². The number of nitrogens with one attached hydrogen (secondary N) is 1. The molecule has 0 heterocycles. The summed E-state index contributed by atoms with van der Waals surface area (Å²) in [5.74, 6) is 0. The van der Waals surface area contributed by atoms with Gasteiger partial charge in [-0.1, -0.05) is 12.1 Å². The predicted molar refractivity (Wildman–Crippen MR) is 66.3 cm³/mol. The van der Waals surface area contributed by atoms with E-state index >= 15 is 0 Å². The van der Waals surface area contributed by atoms with Gasteiger partial charge in [0.15, 0.2) is 0 Å². The summed E-state index contributed by atoms with van der Waals surface area (Å²) in [5.41, 5.74) is 2.74. The van der Waals surface area contributed by atoms with Crippen LogP contribution in [0.5, 0.6) is 0 Å². The molecule has 1 aliphatic carbocycles. The second-order valence-corrected chi connectivity index (χ2v) is 4.80. The zero-order valence-corrected chi connectivity index (χ0v) is 9.95. The second-order valence-electron chi connectivity index (χ2n) is 4.80. The van der Waals surface area contributed by atoms with Gasteiger partial charge in [0.25, 0.3) is 0 Å². The quantitative estimate of drug-likeness (QED) is 0.856. The topological polar surface area (TPSA) is 59.6 Å². The summed E-state index contributed by atoms with van der Waals surface area (Å²) in [6.45, 7) is 2.73. The van der Waals surface area contributed by atoms with E-state index in [9.17, 15) is 0 Å². The van der Waals surface area contributed by atoms with Gasteiger partial charge in [0.2, 0.25) is 0 Å². The molecule has 2 rings (SSSR count). The number of benzene rings is 1. The van der Waals surface area contributed by atoms with Crippen LogP contribution in [-0.4, -0.2) is 6.54 Å². The van der Waals surface area contributed by atoms with Crippen molar-refractivity contribution in [1.82, 2.24) is 0 Å². The van der Waals surface area contributed by atoms with Gasteiger partial charge in [0.05, 0.1) is 17.3 Å². The Morgan fingerprint density at radius 1 is 1.35 bits per heavy atom. The summed E-state index contributed by atoms with van der Waals surface area (Å²) in [6, 6.07) is 10.3. The number of nitriles is 2. The van der Waals surface area contributed by atoms with Crippen molar-refractivity contribution >= 4 is 5.69 Å². The van der Waals surface area contributed by atoms with E-state index in [0.29, 0.717) is 12.0 Å². The SMILES string of the molecule is Cc1cccc(NCC2(CC#N)CC2)c1C#N. The maximum atomic E-state index is 9.11. The molecule has 0 spiro atoms. The maximum absolute atomic E-state index is 9.11. The first-order chi connectivity index (χ1) is 8.21. The average Bonchev–Trinajstić information content (AvgIpc) is 3.07. The van der Waals surface area contributed by atoms with Crippen molar-refractivity contribution in [2.24, 2.45) is 5.41 Å². The summed E-state index contributed by atoms with van der Waals surface area (Å²) < 4.78 is 0. The molecule has 3 heteroatoms. The molecule has 1 aromatic carbocycles. The van der Waals surface area contributed by atoms with E-state index in [1.54, 1.807) is 0 Å². The molecule has 0 atom stereocenters. The second kappa shape index (κ2) is 4.47. The van der Waals surface area contributed by atoms with E-state index in [1.165, 1.54) is 0 Å². The van der Waals surface area contributed by atoms with Crippen molar-refractivity contribution in [2.75, 3.05) is 11.9 Å². The maximum Gasteiger partial charge on any atom is 0.102 e. The first-order valence-corrected chi connectivity index (χ1v) is 5.81. The highest BCUT2D eigenvalue weighted by atomic mass is 14.9. The summed E-state index contributed by atoms with van der Waals surface area (Å²) in [7, 11) is 0. The average molecular weight is 225 g/mol. The van der Waals surface area contributed by atoms with E-state index in [4.69, 9.17) is 10.5 Å². The Morgan fingerprint density at radius 3 is 2.71 bits per heavy atom. The van der Waals surface area contributed by atoms with Gasteiger partial charge in [-0.05, 0) is 31.4 Å². The van der Waals surface area contributed by atoms with Crippen LogP contribution < -0.4 is 5.32 Å². The fraction of sp³-hybridized carbons (Fsp3) is 0.429. The first-order valence-electron chi connectivity index (χ1n) is 5.81. The van der Waals surface area contributed by atoms with Crippen LogP contribution in [0.15, 0.2) is 18.2 Å². The molecular formula is C14H15N3. The summed E-state index contributed by atoms with van der Waals surface area (Å²) in [5, 5.41) is 21.2. The van der Waals surface area contributed by atoms with Crippen LogP contribution in [0.1, 0.15) is 30.4 Å². The molecule has 0 aromatic heterocycles. The van der Waals surface area contributed by atoms with E-state index in [0.717, 1.165) is 30.6 Å². The first kappa shape index (κ1) is 11.5. The van der Waals surface area contributed by atoms with Crippen molar-refractivity contribution in [3.8, 4) is 12.1 Å². The van der Waals surface area contributed by atoms with Crippen LogP contribution in [0.25, 0.3) is 0 Å². The zero-order valence-electron chi connectivity index (χ0n) is 9.95. The van der Waals surface area contributed by atoms with Crippen molar-refractivity contribution < 1.29 is 0 Å². The lowest BCUT2D eigenvalue weighted by Gasteiger charge is -2.15. The number of nitrogens with zero attached hydrogens (tertiary/aromatic N) is 2. The third-order valence-corrected chi connectivity index (χ3v) is 3.45. The number of rotatable bonds is 4. The predicted octanol–water partition coefficient (Wildman–Crippen LogP) is 2.97. The Hall–Kier alpha value is -2.00. The van der Waals surface area contributed by atoms with E-state index in [-0.39, 0.29) is 5.41 Å². The Morgan fingerprint density at radius 2 is 2.12 bits per heavy atom. The number of anilines is 1. The highest BCUT2D eigenvalue weighted by Crippen LogP contribution is 2.48. The highest BCUT2D eigenvalue weighted by molar-refractivity contribution is 5.60. The van der Waals surface area contributed by atoms with Gasteiger partial charge >= 0.3 is 0 Å². The van der Waals surface area contributed by atoms with Crippen LogP contribution in [0.2, 0.25) is 0 Å². The van der Waals surface area contributed by atoms with Crippen LogP contribution in [-0.2, 0) is 0 Å². The number of hydrogen-bond acceptors (Lipinski definition) is 3. The molecule has 17 heavy (non-hydrogen) atoms. The molecule has 0 saturated heterocycles. The van der Waals surface area contributed by atoms with Gasteiger partial charge < -0.3 is 5.32 Å². The van der Waals surface area contributed by atoms with Gasteiger partial charge in [0.1, 0.15) is 6.07 Å². The lowest BCUT2D eigenvalue weighted by atomic mass is 10.0. The monoisotopic (exact) mass is 225 g/mol. The third-order valence-electron chi connectivity index (χ3n) is 3.45. The Balaban J connectivity index is 2.08. The summed E-state index contributed by atoms with van der Waals surface area (Å²) in [4.78, 5) is 0. The largest absolute Gasteiger partial charge is 0.383 e. The molecule has 0 amide bonds. The van der Waals surface area contributed by atoms with Crippen molar-refractivity contribution in [3.05, 3.63) is 29.3 Å². The van der Waals surface area contributed by atoms with Crippen molar-refractivity contribution in [3.63, 3.8) is 0 Å². The normalized spacial score (nSPS) is 15.7. The zero-order chi connectivity index (χ0) is 12.3. The van der Waals surface area contributed by atoms with Crippen LogP contribution >= 0.6 is 0 Å². The van der Waals surface area contributed by atoms with Gasteiger partial charge in [-0.3, -0.25) is 0 Å². The molecule has 3 nitrogen and oxygen atoms in total. The Bertz CT molecular complexity index is 501. The molecule has 0 radical (unpaired) electrons. The van der Waals surface area contributed by atoms with Crippen LogP contribution in [0, 0.1) is 35.0 Å². The molecule has 86 valence electrons. The lowest BCUT2D eigenvalue weighted by molar-refractivity contribution is 0.557. The smallest absolute Gasteiger partial charge is 0.102 e. The van der Waals surface area contributed by atoms with Crippen molar-refractivity contribution in [1.29, 1.82) is 10.5 Å². The Kier molecular flexibility index (Phi) is 3.02. The standard InChI is InChI=1S/C14H15N3/c1-11-3-2-4-13(12(11)9-16)17-10-14(5-6-14)7-8-15/h2-4,17H,5-7,10H2,1H3. The molecule has 0 aliphatic heterocycles. The summed E-state index contributed by atoms with van der Waals surface area (Å²) >= 11 is 0. The molecule has 0 bridgehead atoms. The van der Waals surface area contributed by atoms with Gasteiger partial charge in [0, 0.05) is 18.4 Å². The molecule has 1 saturated carbocycles. The van der Waals surface area contributed by atoms with E-state index in [1.807, 2.05) is 25.1 Å². The molecule has 1 fully saturated rings. The minimum atomic E-state index is 0.158. The van der Waals surface area contributed by atoms with Crippen LogP contribution in [0.3, 0.4) is 0 Å². The summed E-state index contributed by atoms with van der Waals surface area (Å²) in [6.07, 6.45) is 2.83. The minimum absolute atomic E-state index is 0.158. The molecule has 1 N–H and O–H groups in total. The van der Waals surface area contributed by atoms with Gasteiger partial charge in [-0.25, -0.2) is 0 Å². The molecule has 1 aromatic rings. The fourth-order valence-corrected chi connectivity index (χ4v) is 2.01. The number of hydrogen-bond donors (Lipinski definition) is 1. The van der Waals surface area contributed by atoms with Gasteiger partial charge in [-0.15, -0.1) is 0 Å². The van der Waals surface area contributed by atoms with Crippen molar-refractivity contribution in [2.45, 2.75) is 26.2 Å².